The van der Waals surface area contributed by atoms with E-state index in [0.717, 1.165) is 25.9 Å². The third-order valence-electron chi connectivity index (χ3n) is 4.52. The molecule has 0 radical (unpaired) electrons. The summed E-state index contributed by atoms with van der Waals surface area (Å²) in [5.74, 6) is 0.475. The molecule has 1 aromatic rings. The van der Waals surface area contributed by atoms with Gasteiger partial charge >= 0.3 is 0 Å². The van der Waals surface area contributed by atoms with Crippen molar-refractivity contribution in [3.05, 3.63) is 35.9 Å². The van der Waals surface area contributed by atoms with Crippen LogP contribution in [0.25, 0.3) is 0 Å². The van der Waals surface area contributed by atoms with Gasteiger partial charge in [-0.3, -0.25) is 4.79 Å². The molecule has 2 fully saturated rings. The minimum atomic E-state index is 0. The predicted molar refractivity (Wildman–Crippen MR) is 89.2 cm³/mol. The number of halogens is 1. The van der Waals surface area contributed by atoms with Crippen LogP contribution in [0.3, 0.4) is 0 Å². The third-order valence-corrected chi connectivity index (χ3v) is 4.52. The lowest BCUT2D eigenvalue weighted by Gasteiger charge is -2.41. The van der Waals surface area contributed by atoms with Crippen LogP contribution < -0.4 is 5.32 Å². The second kappa shape index (κ2) is 7.95. The van der Waals surface area contributed by atoms with E-state index < -0.39 is 0 Å². The molecule has 1 amide bonds. The second-order valence-corrected chi connectivity index (χ2v) is 6.09. The maximum atomic E-state index is 12.9. The first-order chi connectivity index (χ1) is 10.3. The molecular formula is C17H25ClN2O2. The van der Waals surface area contributed by atoms with Crippen LogP contribution in [0.5, 0.6) is 0 Å². The number of ether oxygens (including phenoxy) is 1. The summed E-state index contributed by atoms with van der Waals surface area (Å²) in [5, 5.41) is 3.33. The van der Waals surface area contributed by atoms with Crippen molar-refractivity contribution in [3.63, 3.8) is 0 Å². The smallest absolute Gasteiger partial charge is 0.226 e. The average Bonchev–Trinajstić information content (AvgIpc) is 2.56. The van der Waals surface area contributed by atoms with Gasteiger partial charge in [-0.1, -0.05) is 30.3 Å². The first-order valence-electron chi connectivity index (χ1n) is 7.93. The Hall–Kier alpha value is -1.10. The first-order valence-corrected chi connectivity index (χ1v) is 7.93. The molecule has 0 saturated carbocycles. The number of amides is 1. The normalized spacial score (nSPS) is 26.3. The van der Waals surface area contributed by atoms with Crippen molar-refractivity contribution in [1.82, 2.24) is 10.2 Å². The van der Waals surface area contributed by atoms with Gasteiger partial charge in [0.15, 0.2) is 0 Å². The highest BCUT2D eigenvalue weighted by Crippen LogP contribution is 2.29. The Kier molecular flexibility index (Phi) is 6.24. The molecule has 5 heteroatoms. The van der Waals surface area contributed by atoms with Gasteiger partial charge in [-0.25, -0.2) is 0 Å². The average molecular weight is 325 g/mol. The van der Waals surface area contributed by atoms with Gasteiger partial charge in [0.25, 0.3) is 0 Å². The van der Waals surface area contributed by atoms with Crippen LogP contribution in [0.1, 0.15) is 31.4 Å². The highest BCUT2D eigenvalue weighted by Gasteiger charge is 2.35. The zero-order valence-corrected chi connectivity index (χ0v) is 13.8. The van der Waals surface area contributed by atoms with E-state index in [-0.39, 0.29) is 30.5 Å². The lowest BCUT2D eigenvalue weighted by Crippen LogP contribution is -2.50. The summed E-state index contributed by atoms with van der Waals surface area (Å²) in [6.45, 7) is 5.24. The predicted octanol–water partition coefficient (Wildman–Crippen LogP) is 2.40. The fourth-order valence-corrected chi connectivity index (χ4v) is 3.30. The molecular weight excluding hydrogens is 300 g/mol. The molecule has 2 unspecified atom stereocenters. The van der Waals surface area contributed by atoms with Crippen molar-refractivity contribution in [2.24, 2.45) is 5.92 Å². The van der Waals surface area contributed by atoms with E-state index in [1.54, 1.807) is 0 Å². The summed E-state index contributed by atoms with van der Waals surface area (Å²) in [7, 11) is 0. The second-order valence-electron chi connectivity index (χ2n) is 6.09. The highest BCUT2D eigenvalue weighted by atomic mass is 35.5. The molecule has 2 aliphatic rings. The SMILES string of the molecule is CC1CN(C(=O)C2CCNCC2)C(c2ccccc2)CO1.Cl. The summed E-state index contributed by atoms with van der Waals surface area (Å²) in [6.07, 6.45) is 2.02. The number of carbonyl (C=O) groups is 1. The van der Waals surface area contributed by atoms with Crippen LogP contribution in [-0.4, -0.2) is 43.2 Å². The zero-order chi connectivity index (χ0) is 14.7. The lowest BCUT2D eigenvalue weighted by atomic mass is 9.94. The number of hydrogen-bond donors (Lipinski definition) is 1. The van der Waals surface area contributed by atoms with Crippen LogP contribution in [0, 0.1) is 5.92 Å². The number of benzene rings is 1. The number of rotatable bonds is 2. The molecule has 1 N–H and O–H groups in total. The molecule has 0 aliphatic carbocycles. The topological polar surface area (TPSA) is 41.6 Å². The Morgan fingerprint density at radius 1 is 1.23 bits per heavy atom. The summed E-state index contributed by atoms with van der Waals surface area (Å²) < 4.78 is 5.81. The lowest BCUT2D eigenvalue weighted by molar-refractivity contribution is -0.149. The minimum absolute atomic E-state index is 0. The van der Waals surface area contributed by atoms with E-state index in [4.69, 9.17) is 4.74 Å². The van der Waals surface area contributed by atoms with Crippen molar-refractivity contribution in [1.29, 1.82) is 0 Å². The standard InChI is InChI=1S/C17H24N2O2.ClH/c1-13-11-19(17(20)15-7-9-18-10-8-15)16(12-21-13)14-5-3-2-4-6-14;/h2-6,13,15-16,18H,7-12H2,1H3;1H. The molecule has 1 aromatic carbocycles. The van der Waals surface area contributed by atoms with Crippen molar-refractivity contribution in [3.8, 4) is 0 Å². The molecule has 2 atom stereocenters. The van der Waals surface area contributed by atoms with E-state index in [1.807, 2.05) is 25.1 Å². The van der Waals surface area contributed by atoms with Crippen molar-refractivity contribution >= 4 is 18.3 Å². The van der Waals surface area contributed by atoms with Gasteiger partial charge in [0.05, 0.1) is 18.8 Å². The highest BCUT2D eigenvalue weighted by molar-refractivity contribution is 5.85. The van der Waals surface area contributed by atoms with E-state index in [0.29, 0.717) is 19.1 Å². The van der Waals surface area contributed by atoms with Crippen LogP contribution in [0.2, 0.25) is 0 Å². The van der Waals surface area contributed by atoms with Crippen molar-refractivity contribution in [2.45, 2.75) is 31.9 Å². The summed E-state index contributed by atoms with van der Waals surface area (Å²) in [5.41, 5.74) is 1.17. The van der Waals surface area contributed by atoms with Crippen LogP contribution in [0.4, 0.5) is 0 Å². The van der Waals surface area contributed by atoms with E-state index in [1.165, 1.54) is 5.56 Å². The molecule has 4 nitrogen and oxygen atoms in total. The molecule has 122 valence electrons. The third kappa shape index (κ3) is 3.80. The van der Waals surface area contributed by atoms with Crippen molar-refractivity contribution in [2.75, 3.05) is 26.2 Å². The van der Waals surface area contributed by atoms with Crippen LogP contribution in [-0.2, 0) is 9.53 Å². The van der Waals surface area contributed by atoms with Gasteiger partial charge < -0.3 is 15.0 Å². The van der Waals surface area contributed by atoms with E-state index in [2.05, 4.69) is 22.3 Å². The monoisotopic (exact) mass is 324 g/mol. The van der Waals surface area contributed by atoms with E-state index in [9.17, 15) is 4.79 Å². The molecule has 0 aromatic heterocycles. The Labute approximate surface area is 138 Å². The number of nitrogens with one attached hydrogen (secondary N) is 1. The fourth-order valence-electron chi connectivity index (χ4n) is 3.30. The number of nitrogens with zero attached hydrogens (tertiary/aromatic N) is 1. The molecule has 2 aliphatic heterocycles. The van der Waals surface area contributed by atoms with Gasteiger partial charge in [0.2, 0.25) is 5.91 Å². The quantitative estimate of drug-likeness (QED) is 0.908. The Morgan fingerprint density at radius 2 is 1.91 bits per heavy atom. The maximum absolute atomic E-state index is 12.9. The Morgan fingerprint density at radius 3 is 2.59 bits per heavy atom. The summed E-state index contributed by atoms with van der Waals surface area (Å²) >= 11 is 0. The van der Waals surface area contributed by atoms with E-state index >= 15 is 0 Å². The molecule has 2 saturated heterocycles. The van der Waals surface area contributed by atoms with Crippen LogP contribution in [0.15, 0.2) is 30.3 Å². The molecule has 0 bridgehead atoms. The molecule has 3 rings (SSSR count). The molecule has 2 heterocycles. The largest absolute Gasteiger partial charge is 0.374 e. The van der Waals surface area contributed by atoms with Gasteiger partial charge in [0, 0.05) is 12.5 Å². The number of piperidine rings is 1. The summed E-state index contributed by atoms with van der Waals surface area (Å²) in [6, 6.07) is 10.3. The van der Waals surface area contributed by atoms with Gasteiger partial charge in [-0.15, -0.1) is 12.4 Å². The van der Waals surface area contributed by atoms with Gasteiger partial charge in [-0.05, 0) is 38.4 Å². The first kappa shape index (κ1) is 17.3. The number of hydrogen-bond acceptors (Lipinski definition) is 3. The Balaban J connectivity index is 0.00000176. The van der Waals surface area contributed by atoms with Crippen molar-refractivity contribution < 1.29 is 9.53 Å². The zero-order valence-electron chi connectivity index (χ0n) is 13.0. The number of carbonyl (C=O) groups excluding carboxylic acids is 1. The fraction of sp³-hybridized carbons (Fsp3) is 0.588. The molecule has 22 heavy (non-hydrogen) atoms. The minimum Gasteiger partial charge on any atom is -0.374 e. The van der Waals surface area contributed by atoms with Gasteiger partial charge in [-0.2, -0.15) is 0 Å². The van der Waals surface area contributed by atoms with Crippen LogP contribution >= 0.6 is 12.4 Å². The maximum Gasteiger partial charge on any atom is 0.226 e. The summed E-state index contributed by atoms with van der Waals surface area (Å²) in [4.78, 5) is 15.0. The number of morpholine rings is 1. The Bertz CT molecular complexity index is 477. The van der Waals surface area contributed by atoms with Gasteiger partial charge in [0.1, 0.15) is 0 Å². The molecule has 0 spiro atoms.